The van der Waals surface area contributed by atoms with E-state index in [1.54, 1.807) is 0 Å². The number of fused-ring (bicyclic) bond motifs is 4. The molecular formula is C37H30N4. The van der Waals surface area contributed by atoms with Gasteiger partial charge in [0.25, 0.3) is 0 Å². The highest BCUT2D eigenvalue weighted by molar-refractivity contribution is 6.09. The molecule has 4 nitrogen and oxygen atoms in total. The monoisotopic (exact) mass is 530 g/mol. The molecule has 4 heteroatoms. The predicted octanol–water partition coefficient (Wildman–Crippen LogP) is 9.40. The normalized spacial score (nSPS) is 16.4. The topological polar surface area (TPSA) is 33.1 Å². The molecule has 8 rings (SSSR count). The van der Waals surface area contributed by atoms with E-state index in [1.165, 1.54) is 45.1 Å². The number of hydrogen-bond acceptors (Lipinski definition) is 3. The summed E-state index contributed by atoms with van der Waals surface area (Å²) in [5.74, 6) is 0.973. The van der Waals surface area contributed by atoms with Gasteiger partial charge in [0.15, 0.2) is 5.82 Å². The van der Waals surface area contributed by atoms with Crippen LogP contribution in [0.25, 0.3) is 38.6 Å². The summed E-state index contributed by atoms with van der Waals surface area (Å²) < 4.78 is 2.36. The van der Waals surface area contributed by atoms with Gasteiger partial charge in [-0.05, 0) is 66.8 Å². The molecule has 0 bridgehead atoms. The summed E-state index contributed by atoms with van der Waals surface area (Å²) in [6.45, 7) is 0. The van der Waals surface area contributed by atoms with Gasteiger partial charge in [0.1, 0.15) is 6.17 Å². The predicted molar refractivity (Wildman–Crippen MR) is 170 cm³/mol. The quantitative estimate of drug-likeness (QED) is 0.246. The third kappa shape index (κ3) is 3.94. The van der Waals surface area contributed by atoms with E-state index in [1.807, 2.05) is 6.20 Å². The summed E-state index contributed by atoms with van der Waals surface area (Å²) in [5.41, 5.74) is 9.42. The lowest BCUT2D eigenvalue weighted by Crippen LogP contribution is -2.27. The lowest BCUT2D eigenvalue weighted by molar-refractivity contribution is 0.788. The van der Waals surface area contributed by atoms with Crippen LogP contribution in [0.1, 0.15) is 31.0 Å². The maximum Gasteiger partial charge on any atom is 0.159 e. The molecule has 1 unspecified atom stereocenters. The maximum absolute atomic E-state index is 4.92. The molecule has 1 aliphatic carbocycles. The zero-order chi connectivity index (χ0) is 27.2. The van der Waals surface area contributed by atoms with Crippen molar-refractivity contribution in [3.8, 4) is 16.8 Å². The SMILES string of the molecule is C1=CC(N2c3nccc(-c4ccc(-n5c6ccccc6c6ccccc65)cc4)c3NC2c2ccccc2)=CCCC1. The van der Waals surface area contributed by atoms with E-state index >= 15 is 0 Å². The molecule has 198 valence electrons. The van der Waals surface area contributed by atoms with Crippen LogP contribution in [0, 0.1) is 0 Å². The van der Waals surface area contributed by atoms with Gasteiger partial charge in [0.2, 0.25) is 0 Å². The highest BCUT2D eigenvalue weighted by atomic mass is 15.4. The summed E-state index contributed by atoms with van der Waals surface area (Å²) in [4.78, 5) is 7.28. The number of pyridine rings is 1. The first kappa shape index (κ1) is 23.8. The highest BCUT2D eigenvalue weighted by Gasteiger charge is 2.34. The third-order valence-electron chi connectivity index (χ3n) is 8.33. The van der Waals surface area contributed by atoms with Gasteiger partial charge >= 0.3 is 0 Å². The Labute approximate surface area is 239 Å². The first-order valence-corrected chi connectivity index (χ1v) is 14.4. The van der Waals surface area contributed by atoms with E-state index in [-0.39, 0.29) is 6.17 Å². The van der Waals surface area contributed by atoms with Gasteiger partial charge in [-0.25, -0.2) is 4.98 Å². The molecule has 2 aromatic heterocycles. The molecule has 1 atom stereocenters. The van der Waals surface area contributed by atoms with Crippen LogP contribution in [0.3, 0.4) is 0 Å². The number of anilines is 2. The van der Waals surface area contributed by atoms with Crippen LogP contribution >= 0.6 is 0 Å². The highest BCUT2D eigenvalue weighted by Crippen LogP contribution is 2.47. The Kier molecular flexibility index (Phi) is 5.70. The Hall–Kier alpha value is -5.09. The van der Waals surface area contributed by atoms with E-state index in [2.05, 4.69) is 142 Å². The molecule has 0 spiro atoms. The molecule has 41 heavy (non-hydrogen) atoms. The summed E-state index contributed by atoms with van der Waals surface area (Å²) in [6.07, 6.45) is 12.2. The van der Waals surface area contributed by atoms with Crippen LogP contribution in [0.2, 0.25) is 0 Å². The van der Waals surface area contributed by atoms with Crippen molar-refractivity contribution in [2.75, 3.05) is 10.2 Å². The average Bonchev–Trinajstić information content (AvgIpc) is 3.46. The lowest BCUT2D eigenvalue weighted by atomic mass is 10.0. The van der Waals surface area contributed by atoms with Crippen molar-refractivity contribution in [2.45, 2.75) is 25.4 Å². The zero-order valence-corrected chi connectivity index (χ0v) is 22.7. The lowest BCUT2D eigenvalue weighted by Gasteiger charge is -2.27. The van der Waals surface area contributed by atoms with Crippen molar-refractivity contribution >= 4 is 33.3 Å². The van der Waals surface area contributed by atoms with Gasteiger partial charge in [-0.3, -0.25) is 4.90 Å². The molecule has 4 aromatic carbocycles. The largest absolute Gasteiger partial charge is 0.358 e. The van der Waals surface area contributed by atoms with Crippen molar-refractivity contribution in [2.24, 2.45) is 0 Å². The fourth-order valence-corrected chi connectivity index (χ4v) is 6.41. The van der Waals surface area contributed by atoms with Gasteiger partial charge in [-0.15, -0.1) is 0 Å². The first-order valence-electron chi connectivity index (χ1n) is 14.4. The molecule has 2 aliphatic rings. The van der Waals surface area contributed by atoms with Crippen LogP contribution in [0.15, 0.2) is 139 Å². The Morgan fingerprint density at radius 3 is 2.17 bits per heavy atom. The smallest absolute Gasteiger partial charge is 0.159 e. The van der Waals surface area contributed by atoms with Crippen LogP contribution < -0.4 is 10.2 Å². The molecule has 3 heterocycles. The van der Waals surface area contributed by atoms with Crippen LogP contribution in [-0.2, 0) is 0 Å². The summed E-state index contributed by atoms with van der Waals surface area (Å²) >= 11 is 0. The number of hydrogen-bond donors (Lipinski definition) is 1. The fourth-order valence-electron chi connectivity index (χ4n) is 6.41. The number of nitrogens with zero attached hydrogens (tertiary/aromatic N) is 3. The molecule has 0 amide bonds. The minimum Gasteiger partial charge on any atom is -0.358 e. The van der Waals surface area contributed by atoms with E-state index in [0.717, 1.165) is 35.6 Å². The van der Waals surface area contributed by atoms with Crippen molar-refractivity contribution in [3.05, 3.63) is 145 Å². The van der Waals surface area contributed by atoms with Gasteiger partial charge in [-0.1, -0.05) is 91.0 Å². The summed E-state index contributed by atoms with van der Waals surface area (Å²) in [5, 5.41) is 6.41. The third-order valence-corrected chi connectivity index (χ3v) is 8.33. The molecule has 0 radical (unpaired) electrons. The van der Waals surface area contributed by atoms with E-state index < -0.39 is 0 Å². The van der Waals surface area contributed by atoms with Crippen LogP contribution in [0.4, 0.5) is 11.5 Å². The standard InChI is InChI=1S/C37H30N4/c1-2-7-15-28(14-6-1)41-36(27-12-4-3-5-13-27)39-35-30(24-25-38-37(35)41)26-20-22-29(23-21-26)40-33-18-10-8-16-31(33)32-17-9-11-19-34(32)40/h3-6,8-25,36,39H,1-2,7H2. The van der Waals surface area contributed by atoms with Crippen LogP contribution in [-0.4, -0.2) is 9.55 Å². The minimum absolute atomic E-state index is 0.0225. The maximum atomic E-state index is 4.92. The number of aromatic nitrogens is 2. The molecule has 0 fully saturated rings. The number of allylic oxidation sites excluding steroid dienone is 3. The second-order valence-electron chi connectivity index (χ2n) is 10.8. The first-order chi connectivity index (χ1) is 20.4. The van der Waals surface area contributed by atoms with Crippen molar-refractivity contribution in [1.29, 1.82) is 0 Å². The summed E-state index contributed by atoms with van der Waals surface area (Å²) in [6, 6.07) is 39.0. The van der Waals surface area contributed by atoms with E-state index in [4.69, 9.17) is 4.98 Å². The Balaban J connectivity index is 1.23. The summed E-state index contributed by atoms with van der Waals surface area (Å²) in [7, 11) is 0. The van der Waals surface area contributed by atoms with E-state index in [0.29, 0.717) is 0 Å². The molecule has 0 saturated carbocycles. The Morgan fingerprint density at radius 1 is 0.707 bits per heavy atom. The second kappa shape index (κ2) is 9.83. The Morgan fingerprint density at radius 2 is 1.41 bits per heavy atom. The minimum atomic E-state index is -0.0225. The number of para-hydroxylation sites is 2. The van der Waals surface area contributed by atoms with Crippen molar-refractivity contribution in [1.82, 2.24) is 9.55 Å². The molecule has 1 N–H and O–H groups in total. The van der Waals surface area contributed by atoms with Gasteiger partial charge in [-0.2, -0.15) is 0 Å². The van der Waals surface area contributed by atoms with Crippen molar-refractivity contribution in [3.63, 3.8) is 0 Å². The molecule has 6 aromatic rings. The molecule has 1 aliphatic heterocycles. The average molecular weight is 531 g/mol. The van der Waals surface area contributed by atoms with Gasteiger partial charge in [0, 0.05) is 33.9 Å². The Bertz CT molecular complexity index is 1890. The molecule has 0 saturated heterocycles. The molecular weight excluding hydrogens is 500 g/mol. The zero-order valence-electron chi connectivity index (χ0n) is 22.7. The number of nitrogens with one attached hydrogen (secondary N) is 1. The van der Waals surface area contributed by atoms with Crippen LogP contribution in [0.5, 0.6) is 0 Å². The van der Waals surface area contributed by atoms with Crippen molar-refractivity contribution < 1.29 is 0 Å². The van der Waals surface area contributed by atoms with Gasteiger partial charge in [0.05, 0.1) is 16.7 Å². The second-order valence-corrected chi connectivity index (χ2v) is 10.8. The number of rotatable bonds is 4. The fraction of sp³-hybridized carbons (Fsp3) is 0.108. The van der Waals surface area contributed by atoms with E-state index in [9.17, 15) is 0 Å². The van der Waals surface area contributed by atoms with Gasteiger partial charge < -0.3 is 9.88 Å². The number of benzene rings is 4.